The van der Waals surface area contributed by atoms with Gasteiger partial charge in [0.25, 0.3) is 0 Å². The number of hydrogen-bond donors (Lipinski definition) is 1. The molecule has 0 atom stereocenters. The first-order valence-electron chi connectivity index (χ1n) is 6.73. The highest BCUT2D eigenvalue weighted by Crippen LogP contribution is 2.26. The molecule has 1 aromatic heterocycles. The fourth-order valence-electron chi connectivity index (χ4n) is 2.02. The summed E-state index contributed by atoms with van der Waals surface area (Å²) in [6, 6.07) is 18.3. The summed E-state index contributed by atoms with van der Waals surface area (Å²) < 4.78 is 5.17. The van der Waals surface area contributed by atoms with Crippen molar-refractivity contribution in [2.45, 2.75) is 6.54 Å². The predicted molar refractivity (Wildman–Crippen MR) is 87.9 cm³/mol. The van der Waals surface area contributed by atoms with Crippen molar-refractivity contribution in [1.82, 2.24) is 4.98 Å². The van der Waals surface area contributed by atoms with Crippen LogP contribution in [0.15, 0.2) is 60.0 Å². The monoisotopic (exact) mass is 375 g/mol. The molecule has 0 unspecified atom stereocenters. The van der Waals surface area contributed by atoms with E-state index < -0.39 is 0 Å². The topological polar surface area (TPSA) is 34.1 Å². The molecule has 0 saturated heterocycles. The van der Waals surface area contributed by atoms with Crippen LogP contribution in [0.1, 0.15) is 5.56 Å². The van der Waals surface area contributed by atoms with Gasteiger partial charge in [0, 0.05) is 17.5 Å². The van der Waals surface area contributed by atoms with Gasteiger partial charge in [-0.25, -0.2) is 4.98 Å². The summed E-state index contributed by atoms with van der Waals surface area (Å²) in [5.74, 6) is 0.858. The Morgan fingerprint density at radius 3 is 2.45 bits per heavy atom. The Morgan fingerprint density at radius 1 is 1.05 bits per heavy atom. The van der Waals surface area contributed by atoms with Gasteiger partial charge >= 0.3 is 0 Å². The maximum absolute atomic E-state index is 5.17. The number of nitrogens with one attached hydrogen (secondary N) is 1. The van der Waals surface area contributed by atoms with Crippen LogP contribution in [-0.4, -0.2) is 12.1 Å². The lowest BCUT2D eigenvalue weighted by molar-refractivity contribution is -0.00000447. The van der Waals surface area contributed by atoms with E-state index in [0.29, 0.717) is 0 Å². The van der Waals surface area contributed by atoms with E-state index in [0.717, 1.165) is 28.7 Å². The number of nitrogens with zero attached hydrogens (tertiary/aromatic N) is 1. The third-order valence-corrected chi connectivity index (χ3v) is 3.98. The molecule has 1 heterocycles. The first-order valence-corrected chi connectivity index (χ1v) is 7.61. The molecule has 0 bridgehead atoms. The average molecular weight is 376 g/mol. The molecule has 0 saturated carbocycles. The first-order chi connectivity index (χ1) is 10.3. The van der Waals surface area contributed by atoms with Crippen molar-refractivity contribution >= 4 is 16.5 Å². The highest BCUT2D eigenvalue weighted by atomic mass is 79.9. The zero-order valence-corrected chi connectivity index (χ0v) is 14.5. The average Bonchev–Trinajstić information content (AvgIpc) is 3.03. The minimum Gasteiger partial charge on any atom is -1.00 e. The molecule has 5 heteroatoms. The zero-order valence-electron chi connectivity index (χ0n) is 12.1. The zero-order chi connectivity index (χ0) is 14.5. The Bertz CT molecular complexity index is 698. The normalized spacial score (nSPS) is 9.86. The first kappa shape index (κ1) is 16.5. The molecule has 3 rings (SSSR count). The fourth-order valence-corrected chi connectivity index (χ4v) is 2.74. The van der Waals surface area contributed by atoms with Gasteiger partial charge in [0.15, 0.2) is 5.13 Å². The van der Waals surface area contributed by atoms with Crippen LogP contribution in [0.2, 0.25) is 0 Å². The standard InChI is InChI=1S/C17H16N2OS.BrH/c1-20-15-9-7-14(8-10-15)16-12-21-17(19-16)18-11-13-5-3-2-4-6-13;/h2-10,12H,11H2,1H3,(H,18,19);1H/p-1. The number of benzene rings is 2. The van der Waals surface area contributed by atoms with Gasteiger partial charge in [-0.2, -0.15) is 0 Å². The van der Waals surface area contributed by atoms with E-state index in [1.807, 2.05) is 42.5 Å². The van der Waals surface area contributed by atoms with Crippen molar-refractivity contribution in [3.8, 4) is 17.0 Å². The lowest BCUT2D eigenvalue weighted by Crippen LogP contribution is -3.00. The number of aromatic nitrogens is 1. The molecule has 0 amide bonds. The molecule has 0 radical (unpaired) electrons. The van der Waals surface area contributed by atoms with E-state index in [-0.39, 0.29) is 17.0 Å². The number of ether oxygens (including phenoxy) is 1. The Morgan fingerprint density at radius 2 is 1.77 bits per heavy atom. The third kappa shape index (κ3) is 4.08. The summed E-state index contributed by atoms with van der Waals surface area (Å²) >= 11 is 1.62. The minimum atomic E-state index is 0. The molecule has 1 N–H and O–H groups in total. The summed E-state index contributed by atoms with van der Waals surface area (Å²) in [5, 5.41) is 6.36. The summed E-state index contributed by atoms with van der Waals surface area (Å²) in [6.07, 6.45) is 0. The molecular weight excluding hydrogens is 360 g/mol. The summed E-state index contributed by atoms with van der Waals surface area (Å²) in [7, 11) is 1.67. The second-order valence-corrected chi connectivity index (χ2v) is 5.46. The van der Waals surface area contributed by atoms with Gasteiger partial charge in [0.05, 0.1) is 12.8 Å². The number of hydrogen-bond acceptors (Lipinski definition) is 4. The molecule has 0 aliphatic carbocycles. The van der Waals surface area contributed by atoms with Crippen LogP contribution in [-0.2, 0) is 6.54 Å². The van der Waals surface area contributed by atoms with Crippen LogP contribution < -0.4 is 27.0 Å². The van der Waals surface area contributed by atoms with E-state index in [1.54, 1.807) is 18.4 Å². The SMILES string of the molecule is COc1ccc(-c2csc(NCc3ccccc3)n2)cc1.[Br-]. The molecule has 2 aromatic carbocycles. The van der Waals surface area contributed by atoms with Crippen LogP contribution in [0, 0.1) is 0 Å². The Labute approximate surface area is 144 Å². The molecular formula is C17H16BrN2OS-. The second kappa shape index (κ2) is 7.96. The lowest BCUT2D eigenvalue weighted by atomic mass is 10.2. The smallest absolute Gasteiger partial charge is 0.183 e. The van der Waals surface area contributed by atoms with Crippen molar-refractivity contribution in [1.29, 1.82) is 0 Å². The van der Waals surface area contributed by atoms with E-state index in [4.69, 9.17) is 4.74 Å². The van der Waals surface area contributed by atoms with Crippen molar-refractivity contribution in [2.75, 3.05) is 12.4 Å². The number of thiazole rings is 1. The number of rotatable bonds is 5. The van der Waals surface area contributed by atoms with Crippen molar-refractivity contribution in [2.24, 2.45) is 0 Å². The molecule has 0 fully saturated rings. The summed E-state index contributed by atoms with van der Waals surface area (Å²) in [4.78, 5) is 4.62. The highest BCUT2D eigenvalue weighted by molar-refractivity contribution is 7.14. The fraction of sp³-hybridized carbons (Fsp3) is 0.118. The van der Waals surface area contributed by atoms with E-state index in [9.17, 15) is 0 Å². The van der Waals surface area contributed by atoms with Gasteiger partial charge in [-0.15, -0.1) is 11.3 Å². The van der Waals surface area contributed by atoms with Crippen molar-refractivity contribution in [3.63, 3.8) is 0 Å². The number of halogens is 1. The Balaban J connectivity index is 0.00000176. The molecule has 0 spiro atoms. The summed E-state index contributed by atoms with van der Waals surface area (Å²) in [6.45, 7) is 0.788. The van der Waals surface area contributed by atoms with Crippen molar-refractivity contribution < 1.29 is 21.7 Å². The lowest BCUT2D eigenvalue weighted by Gasteiger charge is -2.02. The van der Waals surface area contributed by atoms with Gasteiger partial charge in [-0.05, 0) is 29.8 Å². The minimum absolute atomic E-state index is 0. The van der Waals surface area contributed by atoms with Gasteiger partial charge in [-0.1, -0.05) is 30.3 Å². The molecule has 0 aliphatic rings. The second-order valence-electron chi connectivity index (χ2n) is 4.61. The predicted octanol–water partition coefficient (Wildman–Crippen LogP) is 1.43. The summed E-state index contributed by atoms with van der Waals surface area (Å²) in [5.41, 5.74) is 3.33. The van der Waals surface area contributed by atoms with E-state index in [1.165, 1.54) is 5.56 Å². The van der Waals surface area contributed by atoms with Crippen LogP contribution in [0.25, 0.3) is 11.3 Å². The maximum atomic E-state index is 5.17. The van der Waals surface area contributed by atoms with Gasteiger partial charge in [0.2, 0.25) is 0 Å². The van der Waals surface area contributed by atoms with Gasteiger partial charge in [0.1, 0.15) is 5.75 Å². The van der Waals surface area contributed by atoms with Crippen molar-refractivity contribution in [3.05, 3.63) is 65.5 Å². The van der Waals surface area contributed by atoms with Crippen LogP contribution in [0.5, 0.6) is 5.75 Å². The van der Waals surface area contributed by atoms with Gasteiger partial charge in [-0.3, -0.25) is 0 Å². The molecule has 3 nitrogen and oxygen atoms in total. The third-order valence-electron chi connectivity index (χ3n) is 3.18. The van der Waals surface area contributed by atoms with Crippen LogP contribution in [0.4, 0.5) is 5.13 Å². The molecule has 22 heavy (non-hydrogen) atoms. The number of anilines is 1. The van der Waals surface area contributed by atoms with Crippen LogP contribution in [0.3, 0.4) is 0 Å². The Kier molecular flexibility index (Phi) is 5.98. The van der Waals surface area contributed by atoms with Gasteiger partial charge < -0.3 is 27.0 Å². The van der Waals surface area contributed by atoms with E-state index in [2.05, 4.69) is 27.8 Å². The quantitative estimate of drug-likeness (QED) is 0.732. The largest absolute Gasteiger partial charge is 1.00 e. The highest BCUT2D eigenvalue weighted by Gasteiger charge is 2.04. The Hall–Kier alpha value is -1.85. The van der Waals surface area contributed by atoms with E-state index >= 15 is 0 Å². The van der Waals surface area contributed by atoms with Crippen LogP contribution >= 0.6 is 11.3 Å². The molecule has 0 aliphatic heterocycles. The maximum Gasteiger partial charge on any atom is 0.183 e. The molecule has 3 aromatic rings. The number of methoxy groups -OCH3 is 1. The molecule has 114 valence electrons.